The lowest BCUT2D eigenvalue weighted by molar-refractivity contribution is -0.119. The molecule has 0 saturated heterocycles. The number of H-pyrrole nitrogens is 1. The monoisotopic (exact) mass is 253 g/mol. The van der Waals surface area contributed by atoms with E-state index < -0.39 is 0 Å². The van der Waals surface area contributed by atoms with Crippen molar-refractivity contribution < 1.29 is 4.79 Å². The van der Waals surface area contributed by atoms with Gasteiger partial charge in [-0.25, -0.2) is 9.89 Å². The molecule has 2 fully saturated rings. The van der Waals surface area contributed by atoms with Gasteiger partial charge in [-0.05, 0) is 25.7 Å². The van der Waals surface area contributed by atoms with E-state index in [0.29, 0.717) is 23.4 Å². The van der Waals surface area contributed by atoms with E-state index >= 15 is 0 Å². The number of aromatic amines is 1. The summed E-state index contributed by atoms with van der Waals surface area (Å²) in [5.41, 5.74) is -0.141. The summed E-state index contributed by atoms with van der Waals surface area (Å²) in [4.78, 5) is 23.3. The maximum atomic E-state index is 11.8. The quantitative estimate of drug-likeness (QED) is 0.886. The molecule has 0 aliphatic heterocycles. The normalized spacial score (nSPS) is 25.2. The Morgan fingerprint density at radius 3 is 2.76 bits per heavy atom. The van der Waals surface area contributed by atoms with E-state index in [1.807, 2.05) is 0 Å². The molecule has 1 heterocycles. The molecule has 0 amide bonds. The van der Waals surface area contributed by atoms with Gasteiger partial charge in [0.05, 0.1) is 5.25 Å². The minimum Gasteiger partial charge on any atom is -0.298 e. The third kappa shape index (κ3) is 2.18. The summed E-state index contributed by atoms with van der Waals surface area (Å²) in [6.45, 7) is 0. The molecule has 0 unspecified atom stereocenters. The van der Waals surface area contributed by atoms with Gasteiger partial charge in [-0.1, -0.05) is 18.2 Å². The molecule has 1 aromatic rings. The van der Waals surface area contributed by atoms with Crippen LogP contribution in [-0.2, 0) is 4.79 Å². The molecule has 1 aromatic heterocycles. The van der Waals surface area contributed by atoms with E-state index in [1.165, 1.54) is 11.8 Å². The second-order valence-corrected chi connectivity index (χ2v) is 5.90. The number of hydrogen-bond acceptors (Lipinski definition) is 4. The van der Waals surface area contributed by atoms with Crippen LogP contribution >= 0.6 is 11.8 Å². The molecule has 2 aliphatic rings. The Balaban J connectivity index is 1.80. The van der Waals surface area contributed by atoms with E-state index in [4.69, 9.17) is 0 Å². The van der Waals surface area contributed by atoms with Crippen molar-refractivity contribution in [2.24, 2.45) is 0 Å². The molecule has 0 spiro atoms. The summed E-state index contributed by atoms with van der Waals surface area (Å²) in [7, 11) is 0. The highest BCUT2D eigenvalue weighted by Crippen LogP contribution is 2.38. The van der Waals surface area contributed by atoms with Crippen LogP contribution in [-0.4, -0.2) is 25.8 Å². The first-order chi connectivity index (χ1) is 8.25. The van der Waals surface area contributed by atoms with Gasteiger partial charge in [-0.15, -0.1) is 5.10 Å². The number of thioether (sulfide) groups is 1. The van der Waals surface area contributed by atoms with E-state index in [2.05, 4.69) is 10.2 Å². The van der Waals surface area contributed by atoms with Crippen molar-refractivity contribution in [3.8, 4) is 0 Å². The largest absolute Gasteiger partial charge is 0.344 e. The Labute approximate surface area is 103 Å². The van der Waals surface area contributed by atoms with Gasteiger partial charge in [0.2, 0.25) is 0 Å². The number of carbonyl (C=O) groups is 1. The molecular weight excluding hydrogens is 238 g/mol. The molecule has 3 rings (SSSR count). The molecule has 1 N–H and O–H groups in total. The van der Waals surface area contributed by atoms with Crippen LogP contribution in [0.1, 0.15) is 44.6 Å². The van der Waals surface area contributed by atoms with Crippen LogP contribution in [0.2, 0.25) is 0 Å². The van der Waals surface area contributed by atoms with E-state index in [-0.39, 0.29) is 10.9 Å². The molecule has 0 bridgehead atoms. The topological polar surface area (TPSA) is 67.8 Å². The summed E-state index contributed by atoms with van der Waals surface area (Å²) in [6.07, 6.45) is 5.79. The summed E-state index contributed by atoms with van der Waals surface area (Å²) in [5.74, 6) is 0.305. The summed E-state index contributed by atoms with van der Waals surface area (Å²) in [6, 6.07) is 0.308. The summed E-state index contributed by atoms with van der Waals surface area (Å²) >= 11 is 1.46. The fourth-order valence-corrected chi connectivity index (χ4v) is 3.46. The first-order valence-corrected chi connectivity index (χ1v) is 7.00. The molecular formula is C11H15N3O2S. The number of rotatable bonds is 3. The standard InChI is InChI=1S/C11H15N3O2S/c15-8-3-1-2-4-9(8)17-11-13-12-10(16)14(11)7-5-6-7/h7,9H,1-6H2,(H,12,16)/t9-/m0/s1. The zero-order chi connectivity index (χ0) is 11.8. The Morgan fingerprint density at radius 1 is 1.24 bits per heavy atom. The number of hydrogen-bond donors (Lipinski definition) is 1. The van der Waals surface area contributed by atoms with Gasteiger partial charge < -0.3 is 0 Å². The van der Waals surface area contributed by atoms with Crippen molar-refractivity contribution in [1.82, 2.24) is 14.8 Å². The van der Waals surface area contributed by atoms with Crippen LogP contribution in [0.3, 0.4) is 0 Å². The van der Waals surface area contributed by atoms with Gasteiger partial charge in [0.1, 0.15) is 5.78 Å². The number of ketones is 1. The van der Waals surface area contributed by atoms with Crippen LogP contribution in [0.25, 0.3) is 0 Å². The Hall–Kier alpha value is -1.04. The van der Waals surface area contributed by atoms with Crippen LogP contribution < -0.4 is 5.69 Å². The molecule has 0 radical (unpaired) electrons. The third-order valence-corrected chi connectivity index (χ3v) is 4.61. The molecule has 0 aromatic carbocycles. The highest BCUT2D eigenvalue weighted by Gasteiger charge is 2.31. The minimum atomic E-state index is -0.141. The van der Waals surface area contributed by atoms with Crippen molar-refractivity contribution in [2.45, 2.75) is 55.0 Å². The first kappa shape index (κ1) is 11.1. The molecule has 92 valence electrons. The van der Waals surface area contributed by atoms with Crippen LogP contribution in [0.4, 0.5) is 0 Å². The Morgan fingerprint density at radius 2 is 2.06 bits per heavy atom. The van der Waals surface area contributed by atoms with Gasteiger partial charge in [0, 0.05) is 12.5 Å². The molecule has 2 saturated carbocycles. The van der Waals surface area contributed by atoms with Crippen LogP contribution in [0, 0.1) is 0 Å². The fourth-order valence-electron chi connectivity index (χ4n) is 2.23. The van der Waals surface area contributed by atoms with Crippen molar-refractivity contribution in [1.29, 1.82) is 0 Å². The predicted molar refractivity (Wildman–Crippen MR) is 64.2 cm³/mol. The smallest absolute Gasteiger partial charge is 0.298 e. The molecule has 2 aliphatic carbocycles. The highest BCUT2D eigenvalue weighted by molar-refractivity contribution is 8.00. The first-order valence-electron chi connectivity index (χ1n) is 6.12. The molecule has 1 atom stereocenters. The maximum absolute atomic E-state index is 11.8. The number of carbonyl (C=O) groups excluding carboxylic acids is 1. The number of aromatic nitrogens is 3. The number of nitrogens with zero attached hydrogens (tertiary/aromatic N) is 2. The number of Topliss-reactive ketones (excluding diaryl/α,β-unsaturated/α-hetero) is 1. The van der Waals surface area contributed by atoms with E-state index in [0.717, 1.165) is 32.1 Å². The second-order valence-electron chi connectivity index (χ2n) is 4.73. The van der Waals surface area contributed by atoms with Gasteiger partial charge in [-0.2, -0.15) is 0 Å². The van der Waals surface area contributed by atoms with Crippen LogP contribution in [0.15, 0.2) is 9.95 Å². The zero-order valence-corrected chi connectivity index (χ0v) is 10.3. The van der Waals surface area contributed by atoms with Crippen molar-refractivity contribution >= 4 is 17.5 Å². The number of nitrogens with one attached hydrogen (secondary N) is 1. The van der Waals surface area contributed by atoms with E-state index in [1.54, 1.807) is 4.57 Å². The van der Waals surface area contributed by atoms with Crippen molar-refractivity contribution in [3.63, 3.8) is 0 Å². The van der Waals surface area contributed by atoms with E-state index in [9.17, 15) is 9.59 Å². The average Bonchev–Trinajstić information content (AvgIpc) is 3.08. The van der Waals surface area contributed by atoms with Gasteiger partial charge >= 0.3 is 5.69 Å². The third-order valence-electron chi connectivity index (χ3n) is 3.33. The van der Waals surface area contributed by atoms with Gasteiger partial charge in [-0.3, -0.25) is 9.36 Å². The fraction of sp³-hybridized carbons (Fsp3) is 0.727. The average molecular weight is 253 g/mol. The minimum absolute atomic E-state index is 0.00329. The molecule has 17 heavy (non-hydrogen) atoms. The van der Waals surface area contributed by atoms with Crippen molar-refractivity contribution in [2.75, 3.05) is 0 Å². The Kier molecular flexibility index (Phi) is 2.82. The maximum Gasteiger partial charge on any atom is 0.344 e. The predicted octanol–water partition coefficient (Wildman–Crippen LogP) is 1.51. The van der Waals surface area contributed by atoms with Gasteiger partial charge in [0.15, 0.2) is 5.16 Å². The van der Waals surface area contributed by atoms with Gasteiger partial charge in [0.25, 0.3) is 0 Å². The molecule has 5 nitrogen and oxygen atoms in total. The summed E-state index contributed by atoms with van der Waals surface area (Å²) in [5, 5.41) is 7.22. The van der Waals surface area contributed by atoms with Crippen LogP contribution in [0.5, 0.6) is 0 Å². The highest BCUT2D eigenvalue weighted by atomic mass is 32.2. The lowest BCUT2D eigenvalue weighted by Crippen LogP contribution is -2.23. The zero-order valence-electron chi connectivity index (χ0n) is 9.52. The molecule has 6 heteroatoms. The van der Waals surface area contributed by atoms with Crippen molar-refractivity contribution in [3.05, 3.63) is 10.5 Å². The summed E-state index contributed by atoms with van der Waals surface area (Å²) < 4.78 is 1.71. The SMILES string of the molecule is O=C1CCCC[C@@H]1Sc1n[nH]c(=O)n1C1CC1. The Bertz CT molecular complexity index is 489. The lowest BCUT2D eigenvalue weighted by Gasteiger charge is -2.19. The lowest BCUT2D eigenvalue weighted by atomic mass is 9.99. The second kappa shape index (κ2) is 4.33.